The van der Waals surface area contributed by atoms with Crippen LogP contribution in [-0.2, 0) is 11.3 Å². The topological polar surface area (TPSA) is 103 Å². The molecule has 34 heavy (non-hydrogen) atoms. The number of fused-ring (bicyclic) bond motifs is 1. The third-order valence-corrected chi connectivity index (χ3v) is 6.17. The van der Waals surface area contributed by atoms with E-state index in [-0.39, 0.29) is 29.7 Å². The molecule has 0 unspecified atom stereocenters. The first-order chi connectivity index (χ1) is 16.5. The Labute approximate surface area is 193 Å². The van der Waals surface area contributed by atoms with Gasteiger partial charge in [0.15, 0.2) is 0 Å². The average Bonchev–Trinajstić information content (AvgIpc) is 3.31. The van der Waals surface area contributed by atoms with Crippen LogP contribution in [0.4, 0.5) is 15.8 Å². The molecular weight excluding hydrogens is 439 g/mol. The summed E-state index contributed by atoms with van der Waals surface area (Å²) >= 11 is 0. The first-order valence-corrected chi connectivity index (χ1v) is 10.9. The normalized spacial score (nSPS) is 14.0. The van der Waals surface area contributed by atoms with Crippen molar-refractivity contribution in [2.75, 3.05) is 36.4 Å². The predicted molar refractivity (Wildman–Crippen MR) is 127 cm³/mol. The zero-order chi connectivity index (χ0) is 23.8. The van der Waals surface area contributed by atoms with Crippen LogP contribution in [0.25, 0.3) is 10.9 Å². The summed E-state index contributed by atoms with van der Waals surface area (Å²) in [6.45, 7) is 1.41. The molecule has 172 valence electrons. The van der Waals surface area contributed by atoms with E-state index in [1.54, 1.807) is 11.0 Å². The van der Waals surface area contributed by atoms with E-state index in [2.05, 4.69) is 10.3 Å². The van der Waals surface area contributed by atoms with Crippen LogP contribution in [0.2, 0.25) is 0 Å². The van der Waals surface area contributed by atoms with E-state index in [4.69, 9.17) is 0 Å². The SMILES string of the molecule is O=C(C(=O)N1CCN(c2c(NCc3ccccc3)c(=O)c2=O)CC1)c1c[nH]c2cccc(F)c12. The van der Waals surface area contributed by atoms with E-state index in [0.717, 1.165) is 5.56 Å². The van der Waals surface area contributed by atoms with Gasteiger partial charge in [-0.3, -0.25) is 19.2 Å². The molecule has 1 aliphatic rings. The van der Waals surface area contributed by atoms with Crippen molar-refractivity contribution in [3.63, 3.8) is 0 Å². The predicted octanol–water partition coefficient (Wildman–Crippen LogP) is 2.05. The van der Waals surface area contributed by atoms with Crippen LogP contribution in [0.5, 0.6) is 0 Å². The summed E-state index contributed by atoms with van der Waals surface area (Å²) in [5.74, 6) is -2.09. The summed E-state index contributed by atoms with van der Waals surface area (Å²) in [5.41, 5.74) is 0.898. The molecule has 5 rings (SSSR count). The van der Waals surface area contributed by atoms with Crippen molar-refractivity contribution < 1.29 is 14.0 Å². The maximum absolute atomic E-state index is 14.2. The van der Waals surface area contributed by atoms with Crippen molar-refractivity contribution in [1.29, 1.82) is 0 Å². The summed E-state index contributed by atoms with van der Waals surface area (Å²) in [7, 11) is 0. The first kappa shape index (κ1) is 21.6. The van der Waals surface area contributed by atoms with Gasteiger partial charge in [-0.15, -0.1) is 0 Å². The maximum atomic E-state index is 14.2. The number of aromatic amines is 1. The number of Topliss-reactive ketones (excluding diaryl/α,β-unsaturated/α-hetero) is 1. The van der Waals surface area contributed by atoms with Gasteiger partial charge in [0.25, 0.3) is 22.5 Å². The second kappa shape index (κ2) is 8.58. The lowest BCUT2D eigenvalue weighted by molar-refractivity contribution is -0.126. The highest BCUT2D eigenvalue weighted by atomic mass is 19.1. The summed E-state index contributed by atoms with van der Waals surface area (Å²) < 4.78 is 14.2. The van der Waals surface area contributed by atoms with Gasteiger partial charge in [-0.1, -0.05) is 36.4 Å². The minimum atomic E-state index is -0.788. The number of ketones is 1. The maximum Gasteiger partial charge on any atom is 0.295 e. The Bertz CT molecular complexity index is 1460. The van der Waals surface area contributed by atoms with Gasteiger partial charge in [-0.25, -0.2) is 4.39 Å². The molecule has 2 heterocycles. The van der Waals surface area contributed by atoms with Gasteiger partial charge in [0, 0.05) is 49.8 Å². The van der Waals surface area contributed by atoms with Crippen molar-refractivity contribution in [1.82, 2.24) is 9.88 Å². The number of benzene rings is 2. The van der Waals surface area contributed by atoms with E-state index in [1.807, 2.05) is 30.3 Å². The lowest BCUT2D eigenvalue weighted by Gasteiger charge is -2.36. The van der Waals surface area contributed by atoms with Crippen LogP contribution in [0, 0.1) is 5.82 Å². The lowest BCUT2D eigenvalue weighted by atomic mass is 10.1. The molecule has 1 fully saturated rings. The number of carbonyl (C=O) groups excluding carboxylic acids is 2. The second-order valence-electron chi connectivity index (χ2n) is 8.19. The highest BCUT2D eigenvalue weighted by Crippen LogP contribution is 2.24. The van der Waals surface area contributed by atoms with E-state index in [9.17, 15) is 23.6 Å². The quantitative estimate of drug-likeness (QED) is 0.337. The molecular formula is C25H21FN4O4. The van der Waals surface area contributed by atoms with Gasteiger partial charge < -0.3 is 20.1 Å². The molecule has 1 aromatic heterocycles. The molecule has 4 aromatic rings. The van der Waals surface area contributed by atoms with Crippen molar-refractivity contribution in [3.05, 3.63) is 92.1 Å². The Morgan fingerprint density at radius 1 is 0.941 bits per heavy atom. The number of nitrogens with zero attached hydrogens (tertiary/aromatic N) is 2. The number of piperazine rings is 1. The number of carbonyl (C=O) groups is 2. The van der Waals surface area contributed by atoms with Crippen LogP contribution in [0.1, 0.15) is 15.9 Å². The van der Waals surface area contributed by atoms with Gasteiger partial charge >= 0.3 is 0 Å². The number of halogens is 1. The summed E-state index contributed by atoms with van der Waals surface area (Å²) in [4.78, 5) is 56.0. The highest BCUT2D eigenvalue weighted by Gasteiger charge is 2.32. The molecule has 1 aliphatic heterocycles. The standard InChI is InChI=1S/C25H21FN4O4/c26-17-7-4-8-18-19(17)16(14-27-18)22(31)25(34)30-11-9-29(10-12-30)21-20(23(32)24(21)33)28-13-15-5-2-1-3-6-15/h1-8,14,27-28H,9-13H2. The van der Waals surface area contributed by atoms with Gasteiger partial charge in [-0.05, 0) is 17.7 Å². The van der Waals surface area contributed by atoms with Crippen molar-refractivity contribution in [2.45, 2.75) is 6.54 Å². The van der Waals surface area contributed by atoms with Gasteiger partial charge in [-0.2, -0.15) is 0 Å². The molecule has 0 radical (unpaired) electrons. The second-order valence-corrected chi connectivity index (χ2v) is 8.19. The lowest BCUT2D eigenvalue weighted by Crippen LogP contribution is -2.54. The first-order valence-electron chi connectivity index (χ1n) is 10.9. The minimum absolute atomic E-state index is 0.00426. The number of hydrogen-bond acceptors (Lipinski definition) is 6. The average molecular weight is 460 g/mol. The van der Waals surface area contributed by atoms with Crippen molar-refractivity contribution in [3.8, 4) is 0 Å². The van der Waals surface area contributed by atoms with Crippen molar-refractivity contribution in [2.24, 2.45) is 0 Å². The fourth-order valence-corrected chi connectivity index (χ4v) is 4.34. The molecule has 0 saturated carbocycles. The fourth-order valence-electron chi connectivity index (χ4n) is 4.34. The molecule has 3 aromatic carbocycles. The number of amides is 1. The monoisotopic (exact) mass is 460 g/mol. The van der Waals surface area contributed by atoms with E-state index >= 15 is 0 Å². The number of anilines is 2. The number of H-pyrrole nitrogens is 1. The van der Waals surface area contributed by atoms with E-state index in [1.165, 1.54) is 23.2 Å². The van der Waals surface area contributed by atoms with Gasteiger partial charge in [0.2, 0.25) is 0 Å². The van der Waals surface area contributed by atoms with Crippen LogP contribution in [-0.4, -0.2) is 47.8 Å². The molecule has 1 amide bonds. The Kier molecular flexibility index (Phi) is 5.45. The highest BCUT2D eigenvalue weighted by molar-refractivity contribution is 6.44. The Morgan fingerprint density at radius 3 is 2.41 bits per heavy atom. The Hall–Kier alpha value is -4.27. The Balaban J connectivity index is 1.26. The molecule has 0 aliphatic carbocycles. The largest absolute Gasteiger partial charge is 0.376 e. The zero-order valence-electron chi connectivity index (χ0n) is 18.1. The third-order valence-electron chi connectivity index (χ3n) is 6.17. The van der Waals surface area contributed by atoms with Crippen LogP contribution in [0.15, 0.2) is 64.3 Å². The fraction of sp³-hybridized carbons (Fsp3) is 0.200. The molecule has 8 nitrogen and oxygen atoms in total. The molecule has 9 heteroatoms. The Morgan fingerprint density at radius 2 is 1.68 bits per heavy atom. The summed E-state index contributed by atoms with van der Waals surface area (Å²) in [6, 6.07) is 13.9. The number of aromatic nitrogens is 1. The molecule has 0 atom stereocenters. The number of nitrogens with one attached hydrogen (secondary N) is 2. The van der Waals surface area contributed by atoms with Gasteiger partial charge in [0.1, 0.15) is 17.2 Å². The van der Waals surface area contributed by atoms with Gasteiger partial charge in [0.05, 0.1) is 5.56 Å². The van der Waals surface area contributed by atoms with Crippen LogP contribution < -0.4 is 21.1 Å². The van der Waals surface area contributed by atoms with E-state index < -0.39 is 28.4 Å². The molecule has 2 N–H and O–H groups in total. The summed E-state index contributed by atoms with van der Waals surface area (Å²) in [6.07, 6.45) is 1.35. The van der Waals surface area contributed by atoms with Crippen molar-refractivity contribution >= 4 is 34.0 Å². The molecule has 1 saturated heterocycles. The number of rotatable bonds is 6. The smallest absolute Gasteiger partial charge is 0.295 e. The van der Waals surface area contributed by atoms with Crippen LogP contribution >= 0.6 is 0 Å². The third kappa shape index (κ3) is 3.64. The molecule has 0 spiro atoms. The van der Waals surface area contributed by atoms with Crippen LogP contribution in [0.3, 0.4) is 0 Å². The number of hydrogen-bond donors (Lipinski definition) is 2. The molecule has 0 bridgehead atoms. The van der Waals surface area contributed by atoms with E-state index in [0.29, 0.717) is 30.8 Å². The zero-order valence-corrected chi connectivity index (χ0v) is 18.1. The summed E-state index contributed by atoms with van der Waals surface area (Å²) in [5, 5.41) is 3.14. The minimum Gasteiger partial charge on any atom is -0.376 e.